The van der Waals surface area contributed by atoms with Gasteiger partial charge in [-0.05, 0) is 76.3 Å². The number of halogens is 5. The summed E-state index contributed by atoms with van der Waals surface area (Å²) in [6, 6.07) is 3.49. The largest absolute Gasteiger partial charge is 0.508 e. The van der Waals surface area contributed by atoms with Gasteiger partial charge in [-0.25, -0.2) is 22.5 Å². The summed E-state index contributed by atoms with van der Waals surface area (Å²) in [5.41, 5.74) is -2.35. The van der Waals surface area contributed by atoms with Crippen molar-refractivity contribution >= 4 is 28.2 Å². The SMILES string of the molecule is CN1CCC(F)(F)[C@](C)(COc2nc3c(F)c(C4(C5CC5)CC=C(O)C=C4Cl)c(F)cc3cc2N2C[C@H]3CC[C@@H](C2)N3)C1. The number of aliphatic hydroxyl groups is 1. The van der Waals surface area contributed by atoms with E-state index in [0.717, 1.165) is 25.7 Å². The van der Waals surface area contributed by atoms with Gasteiger partial charge < -0.3 is 25.0 Å². The number of aromatic nitrogens is 1. The van der Waals surface area contributed by atoms with Crippen LogP contribution in [-0.4, -0.2) is 72.8 Å². The summed E-state index contributed by atoms with van der Waals surface area (Å²) < 4.78 is 69.4. The number of nitrogens with zero attached hydrogens (tertiary/aromatic N) is 3. The number of alkyl halides is 2. The number of pyridine rings is 1. The Hall–Kier alpha value is -2.56. The maximum Gasteiger partial charge on any atom is 0.259 e. The van der Waals surface area contributed by atoms with E-state index >= 15 is 17.6 Å². The molecule has 4 fully saturated rings. The summed E-state index contributed by atoms with van der Waals surface area (Å²) in [5.74, 6) is -4.57. The molecule has 1 aromatic heterocycles. The highest BCUT2D eigenvalue weighted by Crippen LogP contribution is 2.58. The van der Waals surface area contributed by atoms with E-state index in [1.807, 2.05) is 11.9 Å². The van der Waals surface area contributed by atoms with Gasteiger partial charge in [0.2, 0.25) is 5.88 Å². The molecule has 0 spiro atoms. The van der Waals surface area contributed by atoms with Crippen molar-refractivity contribution in [2.75, 3.05) is 44.7 Å². The van der Waals surface area contributed by atoms with Crippen LogP contribution in [0.5, 0.6) is 5.88 Å². The number of aliphatic hydroxyl groups excluding tert-OH is 1. The number of hydrogen-bond donors (Lipinski definition) is 2. The van der Waals surface area contributed by atoms with Crippen LogP contribution in [0, 0.1) is 23.0 Å². The molecule has 3 aliphatic heterocycles. The predicted molar refractivity (Wildman–Crippen MR) is 158 cm³/mol. The van der Waals surface area contributed by atoms with Gasteiger partial charge in [-0.15, -0.1) is 0 Å². The third-order valence-corrected chi connectivity index (χ3v) is 10.8. The number of hydrogen-bond acceptors (Lipinski definition) is 6. The molecular formula is C32H37ClF4N4O2. The molecule has 1 unspecified atom stereocenters. The molecule has 1 saturated carbocycles. The van der Waals surface area contributed by atoms with Crippen molar-refractivity contribution in [3.8, 4) is 5.88 Å². The Balaban J connectivity index is 1.34. The minimum absolute atomic E-state index is 0.0371. The first-order chi connectivity index (χ1) is 20.4. The van der Waals surface area contributed by atoms with E-state index < -0.39 is 28.4 Å². The topological polar surface area (TPSA) is 60.9 Å². The third-order valence-electron chi connectivity index (χ3n) is 10.4. The highest BCUT2D eigenvalue weighted by molar-refractivity contribution is 6.31. The molecule has 11 heteroatoms. The highest BCUT2D eigenvalue weighted by Gasteiger charge is 2.54. The minimum atomic E-state index is -2.95. The fourth-order valence-corrected chi connectivity index (χ4v) is 8.24. The number of benzene rings is 1. The molecule has 4 heterocycles. The molecule has 2 aromatic rings. The highest BCUT2D eigenvalue weighted by atomic mass is 35.5. The Morgan fingerprint density at radius 2 is 1.86 bits per heavy atom. The average molecular weight is 621 g/mol. The molecule has 2 N–H and O–H groups in total. The van der Waals surface area contributed by atoms with Gasteiger partial charge in [0.05, 0.1) is 5.41 Å². The Kier molecular flexibility index (Phi) is 6.95. The molecule has 43 heavy (non-hydrogen) atoms. The zero-order valence-electron chi connectivity index (χ0n) is 24.4. The lowest BCUT2D eigenvalue weighted by molar-refractivity contribution is -0.168. The van der Waals surface area contributed by atoms with Gasteiger partial charge in [0, 0.05) is 66.1 Å². The number of likely N-dealkylation sites (tertiary alicyclic amines) is 1. The van der Waals surface area contributed by atoms with E-state index in [4.69, 9.17) is 16.3 Å². The molecule has 1 aromatic carbocycles. The number of piperidine rings is 1. The lowest BCUT2D eigenvalue weighted by Gasteiger charge is -2.44. The second-order valence-corrected chi connectivity index (χ2v) is 14.0. The molecule has 6 nitrogen and oxygen atoms in total. The molecule has 0 amide bonds. The average Bonchev–Trinajstić information content (AvgIpc) is 3.75. The molecule has 7 rings (SSSR count). The Morgan fingerprint density at radius 1 is 1.14 bits per heavy atom. The minimum Gasteiger partial charge on any atom is -0.508 e. The number of anilines is 1. The van der Waals surface area contributed by atoms with Gasteiger partial charge in [-0.3, -0.25) is 0 Å². The van der Waals surface area contributed by atoms with Gasteiger partial charge >= 0.3 is 0 Å². The monoisotopic (exact) mass is 620 g/mol. The van der Waals surface area contributed by atoms with Gasteiger partial charge in [0.25, 0.3) is 5.92 Å². The van der Waals surface area contributed by atoms with Crippen molar-refractivity contribution in [2.45, 2.75) is 68.9 Å². The van der Waals surface area contributed by atoms with Gasteiger partial charge in [-0.1, -0.05) is 11.6 Å². The first kappa shape index (κ1) is 29.2. The molecule has 2 aliphatic carbocycles. The molecule has 3 saturated heterocycles. The van der Waals surface area contributed by atoms with Crippen LogP contribution in [0.25, 0.3) is 10.9 Å². The number of nitrogens with one attached hydrogen (secondary N) is 1. The molecular weight excluding hydrogens is 584 g/mol. The third kappa shape index (κ3) is 4.79. The molecule has 232 valence electrons. The predicted octanol–water partition coefficient (Wildman–Crippen LogP) is 6.43. The van der Waals surface area contributed by atoms with Gasteiger partial charge in [0.1, 0.15) is 29.4 Å². The first-order valence-corrected chi connectivity index (χ1v) is 15.6. The number of allylic oxidation sites excluding steroid dienone is 3. The maximum absolute atomic E-state index is 16.7. The summed E-state index contributed by atoms with van der Waals surface area (Å²) in [4.78, 5) is 8.60. The molecule has 0 radical (unpaired) electrons. The summed E-state index contributed by atoms with van der Waals surface area (Å²) in [6.07, 6.45) is 6.32. The summed E-state index contributed by atoms with van der Waals surface area (Å²) in [5, 5.41) is 14.1. The van der Waals surface area contributed by atoms with Crippen LogP contribution in [0.15, 0.2) is 35.1 Å². The van der Waals surface area contributed by atoms with Crippen LogP contribution in [0.2, 0.25) is 0 Å². The summed E-state index contributed by atoms with van der Waals surface area (Å²) >= 11 is 6.67. The summed E-state index contributed by atoms with van der Waals surface area (Å²) in [7, 11) is 1.81. The fourth-order valence-electron chi connectivity index (χ4n) is 7.80. The summed E-state index contributed by atoms with van der Waals surface area (Å²) in [6.45, 7) is 2.94. The number of rotatable bonds is 6. The van der Waals surface area contributed by atoms with Gasteiger partial charge in [-0.2, -0.15) is 0 Å². The van der Waals surface area contributed by atoms with Crippen LogP contribution < -0.4 is 15.0 Å². The van der Waals surface area contributed by atoms with Crippen molar-refractivity contribution < 1.29 is 27.4 Å². The fraction of sp³-hybridized carbons (Fsp3) is 0.594. The number of fused-ring (bicyclic) bond motifs is 3. The first-order valence-electron chi connectivity index (χ1n) is 15.2. The lowest BCUT2D eigenvalue weighted by atomic mass is 9.70. The normalized spacial score (nSPS) is 32.6. The van der Waals surface area contributed by atoms with Crippen LogP contribution in [0.3, 0.4) is 0 Å². The smallest absolute Gasteiger partial charge is 0.259 e. The van der Waals surface area contributed by atoms with Crippen LogP contribution in [-0.2, 0) is 5.41 Å². The Labute approximate surface area is 253 Å². The zero-order chi connectivity index (χ0) is 30.3. The van der Waals surface area contributed by atoms with E-state index in [2.05, 4.69) is 15.2 Å². The maximum atomic E-state index is 16.7. The Morgan fingerprint density at radius 3 is 2.53 bits per heavy atom. The standard InChI is InChI=1S/C32H37ClF4N4O2/c1-30(16-40(2)10-9-32(30,36)37)17-43-29-24(41-14-20-5-6-21(15-41)38-20)12-18-11-23(34)26(27(35)28(18)39-29)31(19-3-4-19)8-7-22(42)13-25(31)33/h7,11-13,19-21,38,42H,3-6,8-10,14-17H2,1-2H3/t20-,21+,30-,31?/m0/s1. The van der Waals surface area contributed by atoms with E-state index in [1.165, 1.54) is 19.1 Å². The van der Waals surface area contributed by atoms with Crippen LogP contribution in [0.1, 0.15) is 51.0 Å². The van der Waals surface area contributed by atoms with E-state index in [0.29, 0.717) is 18.8 Å². The van der Waals surface area contributed by atoms with Crippen molar-refractivity contribution in [1.29, 1.82) is 0 Å². The lowest BCUT2D eigenvalue weighted by Crippen LogP contribution is -2.56. The van der Waals surface area contributed by atoms with Crippen LogP contribution >= 0.6 is 11.6 Å². The van der Waals surface area contributed by atoms with Crippen molar-refractivity contribution in [1.82, 2.24) is 15.2 Å². The van der Waals surface area contributed by atoms with Crippen molar-refractivity contribution in [2.24, 2.45) is 11.3 Å². The van der Waals surface area contributed by atoms with E-state index in [-0.39, 0.29) is 83.7 Å². The van der Waals surface area contributed by atoms with Crippen molar-refractivity contribution in [3.63, 3.8) is 0 Å². The number of piperazine rings is 1. The zero-order valence-corrected chi connectivity index (χ0v) is 25.2. The second kappa shape index (κ2) is 10.2. The Bertz CT molecular complexity index is 1520. The van der Waals surface area contributed by atoms with Gasteiger partial charge in [0.15, 0.2) is 5.82 Å². The quantitative estimate of drug-likeness (QED) is 0.363. The second-order valence-electron chi connectivity index (χ2n) is 13.6. The van der Waals surface area contributed by atoms with Crippen LogP contribution in [0.4, 0.5) is 23.2 Å². The van der Waals surface area contributed by atoms with E-state index in [9.17, 15) is 5.11 Å². The molecule has 5 aliphatic rings. The van der Waals surface area contributed by atoms with Crippen molar-refractivity contribution in [3.05, 3.63) is 52.3 Å². The molecule has 4 atom stereocenters. The number of ether oxygens (including phenoxy) is 1. The molecule has 2 bridgehead atoms. The van der Waals surface area contributed by atoms with E-state index in [1.54, 1.807) is 12.1 Å².